The van der Waals surface area contributed by atoms with Crippen LogP contribution >= 0.6 is 0 Å². The summed E-state index contributed by atoms with van der Waals surface area (Å²) >= 11 is 0. The van der Waals surface area contributed by atoms with E-state index in [1.54, 1.807) is 6.20 Å². The Morgan fingerprint density at radius 2 is 2.35 bits per heavy atom. The zero-order valence-corrected chi connectivity index (χ0v) is 13.5. The summed E-state index contributed by atoms with van der Waals surface area (Å²) in [6.07, 6.45) is 5.80. The van der Waals surface area contributed by atoms with Gasteiger partial charge in [0.25, 0.3) is 5.91 Å². The molecule has 1 aromatic heterocycles. The molecule has 2 atom stereocenters. The van der Waals surface area contributed by atoms with Crippen molar-refractivity contribution < 1.29 is 9.53 Å². The number of carbonyl (C=O) groups excluding carboxylic acids is 1. The monoisotopic (exact) mass is 314 g/mol. The number of hydrogen-bond acceptors (Lipinski definition) is 4. The Bertz CT molecular complexity index is 669. The minimum atomic E-state index is -0.401. The van der Waals surface area contributed by atoms with Gasteiger partial charge in [0, 0.05) is 31.5 Å². The van der Waals surface area contributed by atoms with E-state index in [0.29, 0.717) is 6.42 Å². The third-order valence-corrected chi connectivity index (χ3v) is 4.08. The number of amides is 1. The number of imidazole rings is 1. The largest absolute Gasteiger partial charge is 0.478 e. The standard InChI is InChI=1S/C17H22N4O2/c1-3-15-17(22)20-14-5-4-13(10-16(14)23-15)12(2)19-7-9-21-8-6-18-11-21/h4-6,8,10-12,15,19H,3,7,9H2,1-2H3,(H,20,22)/t12-,15+/m0/s1. The fourth-order valence-electron chi connectivity index (χ4n) is 2.64. The number of rotatable bonds is 6. The van der Waals surface area contributed by atoms with Crippen molar-refractivity contribution in [2.45, 2.75) is 39.0 Å². The molecule has 2 aromatic rings. The summed E-state index contributed by atoms with van der Waals surface area (Å²) in [5.74, 6) is 0.677. The number of aromatic nitrogens is 2. The van der Waals surface area contributed by atoms with Crippen molar-refractivity contribution in [3.63, 3.8) is 0 Å². The van der Waals surface area contributed by atoms with Gasteiger partial charge in [-0.3, -0.25) is 4.79 Å². The number of carbonyl (C=O) groups is 1. The lowest BCUT2D eigenvalue weighted by Gasteiger charge is -2.26. The maximum Gasteiger partial charge on any atom is 0.265 e. The van der Waals surface area contributed by atoms with Gasteiger partial charge in [-0.05, 0) is 31.0 Å². The van der Waals surface area contributed by atoms with E-state index in [1.165, 1.54) is 0 Å². The van der Waals surface area contributed by atoms with Gasteiger partial charge in [0.15, 0.2) is 6.10 Å². The second kappa shape index (κ2) is 6.83. The molecule has 2 heterocycles. The van der Waals surface area contributed by atoms with E-state index < -0.39 is 6.10 Å². The van der Waals surface area contributed by atoms with Gasteiger partial charge >= 0.3 is 0 Å². The summed E-state index contributed by atoms with van der Waals surface area (Å²) in [4.78, 5) is 15.8. The molecule has 6 heteroatoms. The molecule has 6 nitrogen and oxygen atoms in total. The smallest absolute Gasteiger partial charge is 0.265 e. The molecule has 3 rings (SSSR count). The van der Waals surface area contributed by atoms with Crippen molar-refractivity contribution in [2.24, 2.45) is 0 Å². The lowest BCUT2D eigenvalue weighted by Crippen LogP contribution is -2.36. The van der Waals surface area contributed by atoms with Crippen LogP contribution in [-0.4, -0.2) is 28.1 Å². The third-order valence-electron chi connectivity index (χ3n) is 4.08. The maximum absolute atomic E-state index is 11.8. The first-order chi connectivity index (χ1) is 11.2. The minimum absolute atomic E-state index is 0.0701. The van der Waals surface area contributed by atoms with Crippen molar-refractivity contribution >= 4 is 11.6 Å². The van der Waals surface area contributed by atoms with Gasteiger partial charge in [-0.2, -0.15) is 0 Å². The molecule has 2 N–H and O–H groups in total. The maximum atomic E-state index is 11.8. The molecule has 0 spiro atoms. The number of nitrogens with one attached hydrogen (secondary N) is 2. The fourth-order valence-corrected chi connectivity index (χ4v) is 2.64. The molecule has 0 aliphatic carbocycles. The van der Waals surface area contributed by atoms with Crippen LogP contribution in [0.5, 0.6) is 5.75 Å². The molecule has 0 radical (unpaired) electrons. The quantitative estimate of drug-likeness (QED) is 0.859. The molecule has 1 aliphatic heterocycles. The highest BCUT2D eigenvalue weighted by atomic mass is 16.5. The van der Waals surface area contributed by atoms with E-state index in [2.05, 4.69) is 22.5 Å². The lowest BCUT2D eigenvalue weighted by atomic mass is 10.1. The van der Waals surface area contributed by atoms with Crippen LogP contribution in [0.4, 0.5) is 5.69 Å². The van der Waals surface area contributed by atoms with E-state index >= 15 is 0 Å². The van der Waals surface area contributed by atoms with Crippen LogP contribution in [0.1, 0.15) is 31.9 Å². The van der Waals surface area contributed by atoms with E-state index in [1.807, 2.05) is 42.2 Å². The molecule has 0 fully saturated rings. The van der Waals surface area contributed by atoms with Crippen molar-refractivity contribution in [1.82, 2.24) is 14.9 Å². The summed E-state index contributed by atoms with van der Waals surface area (Å²) in [5, 5.41) is 6.38. The summed E-state index contributed by atoms with van der Waals surface area (Å²) in [5.41, 5.74) is 1.88. The first-order valence-electron chi connectivity index (χ1n) is 7.98. The zero-order valence-electron chi connectivity index (χ0n) is 13.5. The third kappa shape index (κ3) is 3.53. The Morgan fingerprint density at radius 3 is 3.09 bits per heavy atom. The molecule has 0 saturated heterocycles. The number of hydrogen-bond donors (Lipinski definition) is 2. The van der Waals surface area contributed by atoms with Crippen molar-refractivity contribution in [3.05, 3.63) is 42.5 Å². The first-order valence-corrected chi connectivity index (χ1v) is 7.98. The van der Waals surface area contributed by atoms with Crippen molar-refractivity contribution in [2.75, 3.05) is 11.9 Å². The Morgan fingerprint density at radius 1 is 1.48 bits per heavy atom. The average Bonchev–Trinajstić information content (AvgIpc) is 3.07. The Labute approximate surface area is 135 Å². The SMILES string of the molecule is CC[C@H]1Oc2cc([C@H](C)NCCn3ccnc3)ccc2NC1=O. The second-order valence-corrected chi connectivity index (χ2v) is 5.74. The molecular formula is C17H22N4O2. The van der Waals surface area contributed by atoms with E-state index in [-0.39, 0.29) is 11.9 Å². The zero-order chi connectivity index (χ0) is 16.2. The highest BCUT2D eigenvalue weighted by Crippen LogP contribution is 2.32. The predicted octanol–water partition coefficient (Wildman–Crippen LogP) is 2.34. The minimum Gasteiger partial charge on any atom is -0.478 e. The number of anilines is 1. The van der Waals surface area contributed by atoms with Crippen LogP contribution < -0.4 is 15.4 Å². The van der Waals surface area contributed by atoms with E-state index in [4.69, 9.17) is 4.74 Å². The summed E-state index contributed by atoms with van der Waals surface area (Å²) in [6.45, 7) is 5.79. The van der Waals surface area contributed by atoms with Crippen molar-refractivity contribution in [3.8, 4) is 5.75 Å². The number of nitrogens with zero attached hydrogens (tertiary/aromatic N) is 2. The fraction of sp³-hybridized carbons (Fsp3) is 0.412. The van der Waals surface area contributed by atoms with Gasteiger partial charge < -0.3 is 19.9 Å². The molecule has 0 saturated carbocycles. The number of fused-ring (bicyclic) bond motifs is 1. The number of ether oxygens (including phenoxy) is 1. The average molecular weight is 314 g/mol. The van der Waals surface area contributed by atoms with Crippen LogP contribution in [0.2, 0.25) is 0 Å². The normalized spacial score (nSPS) is 18.0. The molecule has 0 unspecified atom stereocenters. The van der Waals surface area contributed by atoms with Gasteiger partial charge in [0.2, 0.25) is 0 Å². The van der Waals surface area contributed by atoms with Crippen LogP contribution in [0.3, 0.4) is 0 Å². The second-order valence-electron chi connectivity index (χ2n) is 5.74. The van der Waals surface area contributed by atoms with E-state index in [0.717, 1.165) is 30.1 Å². The summed E-state index contributed by atoms with van der Waals surface area (Å²) < 4.78 is 7.83. The Balaban J connectivity index is 1.63. The summed E-state index contributed by atoms with van der Waals surface area (Å²) in [6, 6.07) is 6.13. The molecule has 23 heavy (non-hydrogen) atoms. The Kier molecular flexibility index (Phi) is 4.62. The van der Waals surface area contributed by atoms with Crippen LogP contribution in [-0.2, 0) is 11.3 Å². The molecule has 1 aliphatic rings. The summed E-state index contributed by atoms with van der Waals surface area (Å²) in [7, 11) is 0. The van der Waals surface area contributed by atoms with Gasteiger partial charge in [0.1, 0.15) is 5.75 Å². The van der Waals surface area contributed by atoms with Crippen LogP contribution in [0.25, 0.3) is 0 Å². The van der Waals surface area contributed by atoms with Crippen molar-refractivity contribution in [1.29, 1.82) is 0 Å². The van der Waals surface area contributed by atoms with Gasteiger partial charge in [-0.25, -0.2) is 4.98 Å². The predicted molar refractivity (Wildman–Crippen MR) is 88.4 cm³/mol. The van der Waals surface area contributed by atoms with Crippen LogP contribution in [0.15, 0.2) is 36.9 Å². The van der Waals surface area contributed by atoms with Gasteiger partial charge in [0.05, 0.1) is 12.0 Å². The molecule has 1 amide bonds. The van der Waals surface area contributed by atoms with Crippen LogP contribution in [0, 0.1) is 0 Å². The van der Waals surface area contributed by atoms with Gasteiger partial charge in [-0.15, -0.1) is 0 Å². The Hall–Kier alpha value is -2.34. The molecule has 122 valence electrons. The van der Waals surface area contributed by atoms with E-state index in [9.17, 15) is 4.79 Å². The number of benzene rings is 1. The first kappa shape index (κ1) is 15.6. The molecular weight excluding hydrogens is 292 g/mol. The highest BCUT2D eigenvalue weighted by molar-refractivity contribution is 5.97. The molecule has 1 aromatic carbocycles. The highest BCUT2D eigenvalue weighted by Gasteiger charge is 2.26. The lowest BCUT2D eigenvalue weighted by molar-refractivity contribution is -0.123. The molecule has 0 bridgehead atoms. The topological polar surface area (TPSA) is 68.2 Å². The van der Waals surface area contributed by atoms with Gasteiger partial charge in [-0.1, -0.05) is 13.0 Å².